The molecule has 1 atom stereocenters. The fourth-order valence-corrected chi connectivity index (χ4v) is 4.83. The highest BCUT2D eigenvalue weighted by Gasteiger charge is 2.39. The van der Waals surface area contributed by atoms with Crippen LogP contribution in [0.5, 0.6) is 0 Å². The standard InChI is InChI=1S/C22H22N10O4/c33-18-4-3-17(19(34)25-18)31-10-13-9-14(1-2-15(13)20(31)35)32-11-16(26-28-32)21(36)29-5-7-30(8-6-29)22-23-12-24-27-22/h1-2,9,11-12,17H,3-8,10H2,(H,23,24,27)(H,25,33,34). The quantitative estimate of drug-likeness (QED) is 0.442. The molecule has 2 aromatic heterocycles. The number of hydrogen-bond donors (Lipinski definition) is 2. The Morgan fingerprint density at radius 2 is 1.92 bits per heavy atom. The van der Waals surface area contributed by atoms with Crippen LogP contribution in [-0.2, 0) is 16.1 Å². The van der Waals surface area contributed by atoms with Gasteiger partial charge in [-0.05, 0) is 30.2 Å². The summed E-state index contributed by atoms with van der Waals surface area (Å²) in [5.74, 6) is -0.548. The van der Waals surface area contributed by atoms with Crippen molar-refractivity contribution >= 4 is 29.6 Å². The van der Waals surface area contributed by atoms with E-state index in [2.05, 4.69) is 30.8 Å². The Balaban J connectivity index is 1.14. The maximum atomic E-state index is 13.0. The Hall–Kier alpha value is -4.62. The van der Waals surface area contributed by atoms with Crippen LogP contribution in [0, 0.1) is 0 Å². The molecule has 1 aromatic carbocycles. The minimum Gasteiger partial charge on any atom is -0.338 e. The number of aromatic amines is 1. The van der Waals surface area contributed by atoms with Gasteiger partial charge in [0.1, 0.15) is 12.4 Å². The number of rotatable bonds is 4. The monoisotopic (exact) mass is 490 g/mol. The minimum atomic E-state index is -0.675. The Morgan fingerprint density at radius 3 is 2.67 bits per heavy atom. The third kappa shape index (κ3) is 3.76. The normalized spacial score (nSPS) is 20.1. The second kappa shape index (κ2) is 8.55. The predicted octanol–water partition coefficient (Wildman–Crippen LogP) is -0.891. The molecule has 0 aliphatic carbocycles. The summed E-state index contributed by atoms with van der Waals surface area (Å²) in [5.41, 5.74) is 2.12. The first-order chi connectivity index (χ1) is 17.5. The predicted molar refractivity (Wildman–Crippen MR) is 122 cm³/mol. The second-order valence-electron chi connectivity index (χ2n) is 8.88. The van der Waals surface area contributed by atoms with Gasteiger partial charge in [-0.3, -0.25) is 24.5 Å². The van der Waals surface area contributed by atoms with Crippen LogP contribution in [0.4, 0.5) is 5.95 Å². The molecule has 6 rings (SSSR count). The first kappa shape index (κ1) is 21.9. The van der Waals surface area contributed by atoms with Crippen LogP contribution in [0.25, 0.3) is 5.69 Å². The summed E-state index contributed by atoms with van der Waals surface area (Å²) in [4.78, 5) is 59.0. The van der Waals surface area contributed by atoms with Crippen molar-refractivity contribution in [2.45, 2.75) is 25.4 Å². The van der Waals surface area contributed by atoms with Crippen LogP contribution < -0.4 is 10.2 Å². The fourth-order valence-electron chi connectivity index (χ4n) is 4.83. The minimum absolute atomic E-state index is 0.201. The van der Waals surface area contributed by atoms with Crippen molar-refractivity contribution in [1.29, 1.82) is 0 Å². The number of hydrogen-bond acceptors (Lipinski definition) is 9. The summed E-state index contributed by atoms with van der Waals surface area (Å²) in [6.07, 6.45) is 3.53. The lowest BCUT2D eigenvalue weighted by Crippen LogP contribution is -2.52. The molecule has 0 radical (unpaired) electrons. The molecular weight excluding hydrogens is 468 g/mol. The van der Waals surface area contributed by atoms with Crippen LogP contribution >= 0.6 is 0 Å². The number of nitrogens with one attached hydrogen (secondary N) is 2. The molecule has 4 amide bonds. The molecule has 3 aromatic rings. The zero-order chi connectivity index (χ0) is 24.8. The molecule has 0 saturated carbocycles. The van der Waals surface area contributed by atoms with Crippen molar-refractivity contribution in [3.63, 3.8) is 0 Å². The highest BCUT2D eigenvalue weighted by molar-refractivity contribution is 6.05. The third-order valence-electron chi connectivity index (χ3n) is 6.75. The van der Waals surface area contributed by atoms with Gasteiger partial charge in [-0.15, -0.1) is 5.10 Å². The van der Waals surface area contributed by atoms with Gasteiger partial charge in [0.15, 0.2) is 5.69 Å². The van der Waals surface area contributed by atoms with E-state index in [-0.39, 0.29) is 36.4 Å². The van der Waals surface area contributed by atoms with Crippen LogP contribution in [-0.4, -0.2) is 95.8 Å². The summed E-state index contributed by atoms with van der Waals surface area (Å²) in [6.45, 7) is 2.53. The third-order valence-corrected chi connectivity index (χ3v) is 6.75. The summed E-state index contributed by atoms with van der Waals surface area (Å²) in [6, 6.07) is 4.54. The number of carbonyl (C=O) groups excluding carboxylic acids is 4. The number of nitrogens with zero attached hydrogens (tertiary/aromatic N) is 8. The highest BCUT2D eigenvalue weighted by atomic mass is 16.2. The van der Waals surface area contributed by atoms with E-state index in [1.165, 1.54) is 15.9 Å². The number of carbonyl (C=O) groups is 4. The Labute approximate surface area is 204 Å². The molecule has 184 valence electrons. The highest BCUT2D eigenvalue weighted by Crippen LogP contribution is 2.29. The van der Waals surface area contributed by atoms with Crippen LogP contribution in [0.1, 0.15) is 39.3 Å². The number of imide groups is 1. The van der Waals surface area contributed by atoms with E-state index in [0.29, 0.717) is 49.8 Å². The number of piperidine rings is 1. The Kier molecular flexibility index (Phi) is 5.20. The molecule has 2 saturated heterocycles. The lowest BCUT2D eigenvalue weighted by atomic mass is 10.0. The zero-order valence-corrected chi connectivity index (χ0v) is 19.1. The maximum absolute atomic E-state index is 13.0. The average Bonchev–Trinajstić information content (AvgIpc) is 3.65. The molecule has 2 fully saturated rings. The van der Waals surface area contributed by atoms with Gasteiger partial charge in [-0.1, -0.05) is 5.21 Å². The van der Waals surface area contributed by atoms with Crippen molar-refractivity contribution in [1.82, 2.24) is 45.3 Å². The smallest absolute Gasteiger partial charge is 0.276 e. The van der Waals surface area contributed by atoms with E-state index in [0.717, 1.165) is 5.56 Å². The lowest BCUT2D eigenvalue weighted by molar-refractivity contribution is -0.136. The van der Waals surface area contributed by atoms with Crippen molar-refractivity contribution in [3.05, 3.63) is 47.5 Å². The van der Waals surface area contributed by atoms with Crippen molar-refractivity contribution in [2.24, 2.45) is 0 Å². The van der Waals surface area contributed by atoms with E-state index in [9.17, 15) is 19.2 Å². The van der Waals surface area contributed by atoms with Gasteiger partial charge in [-0.25, -0.2) is 9.78 Å². The zero-order valence-electron chi connectivity index (χ0n) is 19.1. The number of fused-ring (bicyclic) bond motifs is 1. The van der Waals surface area contributed by atoms with Gasteiger partial charge in [0.05, 0.1) is 11.9 Å². The van der Waals surface area contributed by atoms with Crippen molar-refractivity contribution in [2.75, 3.05) is 31.1 Å². The van der Waals surface area contributed by atoms with Gasteiger partial charge in [-0.2, -0.15) is 10.1 Å². The van der Waals surface area contributed by atoms with Crippen molar-refractivity contribution in [3.8, 4) is 5.69 Å². The molecule has 3 aliphatic heterocycles. The van der Waals surface area contributed by atoms with Gasteiger partial charge in [0.2, 0.25) is 17.8 Å². The summed E-state index contributed by atoms with van der Waals surface area (Å²) in [5, 5.41) is 17.2. The van der Waals surface area contributed by atoms with Crippen LogP contribution in [0.15, 0.2) is 30.7 Å². The fraction of sp³-hybridized carbons (Fsp3) is 0.364. The number of amides is 4. The summed E-state index contributed by atoms with van der Waals surface area (Å²) >= 11 is 0. The number of piperazine rings is 1. The van der Waals surface area contributed by atoms with Gasteiger partial charge < -0.3 is 14.7 Å². The molecule has 3 aliphatic rings. The molecule has 0 bridgehead atoms. The van der Waals surface area contributed by atoms with Gasteiger partial charge in [0, 0.05) is 44.7 Å². The molecule has 36 heavy (non-hydrogen) atoms. The van der Waals surface area contributed by atoms with E-state index >= 15 is 0 Å². The first-order valence-corrected chi connectivity index (χ1v) is 11.6. The van der Waals surface area contributed by atoms with E-state index in [1.54, 1.807) is 29.3 Å². The second-order valence-corrected chi connectivity index (χ2v) is 8.88. The maximum Gasteiger partial charge on any atom is 0.276 e. The Morgan fingerprint density at radius 1 is 1.08 bits per heavy atom. The molecule has 0 spiro atoms. The number of anilines is 1. The van der Waals surface area contributed by atoms with E-state index in [1.807, 2.05) is 4.90 Å². The molecular formula is C22H22N10O4. The SMILES string of the molecule is O=C1CCC(N2Cc3cc(-n4cc(C(=O)N5CCN(c6ncn[nH]6)CC5)nn4)ccc3C2=O)C(=O)N1. The van der Waals surface area contributed by atoms with Gasteiger partial charge >= 0.3 is 0 Å². The lowest BCUT2D eigenvalue weighted by Gasteiger charge is -2.33. The van der Waals surface area contributed by atoms with Crippen LogP contribution in [0.2, 0.25) is 0 Å². The van der Waals surface area contributed by atoms with E-state index in [4.69, 9.17) is 0 Å². The Bertz CT molecular complexity index is 1360. The molecule has 5 heterocycles. The average molecular weight is 490 g/mol. The van der Waals surface area contributed by atoms with E-state index < -0.39 is 11.9 Å². The van der Waals surface area contributed by atoms with Crippen molar-refractivity contribution < 1.29 is 19.2 Å². The summed E-state index contributed by atoms with van der Waals surface area (Å²) in [7, 11) is 0. The molecule has 1 unspecified atom stereocenters. The van der Waals surface area contributed by atoms with Crippen LogP contribution in [0.3, 0.4) is 0 Å². The molecule has 2 N–H and O–H groups in total. The summed E-state index contributed by atoms with van der Waals surface area (Å²) < 4.78 is 1.50. The number of H-pyrrole nitrogens is 1. The van der Waals surface area contributed by atoms with Gasteiger partial charge in [0.25, 0.3) is 11.8 Å². The number of benzene rings is 1. The topological polar surface area (TPSA) is 162 Å². The largest absolute Gasteiger partial charge is 0.338 e. The molecule has 14 nitrogen and oxygen atoms in total. The number of aromatic nitrogens is 6. The molecule has 14 heteroatoms. The first-order valence-electron chi connectivity index (χ1n) is 11.6.